The van der Waals surface area contributed by atoms with E-state index in [0.29, 0.717) is 4.47 Å². The van der Waals surface area contributed by atoms with Crippen LogP contribution in [-0.2, 0) is 37.8 Å². The Morgan fingerprint density at radius 3 is 2.25 bits per heavy atom. The Hall–Kier alpha value is 0.545. The van der Waals surface area contributed by atoms with Crippen molar-refractivity contribution in [3.05, 3.63) is 28.7 Å². The van der Waals surface area contributed by atoms with Gasteiger partial charge in [-0.05, 0) is 18.2 Å². The van der Waals surface area contributed by atoms with E-state index < -0.39 is 10.1 Å². The van der Waals surface area contributed by atoms with E-state index in [0.717, 1.165) is 0 Å². The van der Waals surface area contributed by atoms with E-state index in [1.165, 1.54) is 18.2 Å². The molecule has 3 nitrogen and oxygen atoms in total. The second-order valence-corrected chi connectivity index (χ2v) is 4.27. The number of benzene rings is 1. The first-order valence-electron chi connectivity index (χ1n) is 2.73. The number of rotatable bonds is 1. The topological polar surface area (TPSA) is 54.4 Å². The molecule has 0 bridgehead atoms. The summed E-state index contributed by atoms with van der Waals surface area (Å²) in [5.41, 5.74) is 0. The molecule has 6 heteroatoms. The first kappa shape index (κ1) is 12.5. The summed E-state index contributed by atoms with van der Waals surface area (Å²) in [6.07, 6.45) is 0. The molecule has 0 spiro atoms. The standard InChI is InChI=1S/C6H5BrO3S.Hg/c7-5-2-1-3-6(4-5)11(8,9)10;/h1-4H,(H,8,9,10);. The van der Waals surface area contributed by atoms with Crippen LogP contribution in [0.1, 0.15) is 0 Å². The molecule has 0 radical (unpaired) electrons. The molecular formula is C6H5BrHgO3S. The average Bonchev–Trinajstić information content (AvgIpc) is 1.86. The molecular weight excluding hydrogens is 433 g/mol. The monoisotopic (exact) mass is 438 g/mol. The summed E-state index contributed by atoms with van der Waals surface area (Å²) in [4.78, 5) is -0.105. The normalized spacial score (nSPS) is 10.5. The van der Waals surface area contributed by atoms with Crippen molar-refractivity contribution in [3.63, 3.8) is 0 Å². The number of hydrogen-bond donors (Lipinski definition) is 1. The molecule has 0 aromatic heterocycles. The molecule has 62 valence electrons. The smallest absolute Gasteiger partial charge is 0.282 e. The molecule has 1 rings (SSSR count). The Kier molecular flexibility index (Phi) is 4.90. The van der Waals surface area contributed by atoms with Crippen molar-refractivity contribution in [2.45, 2.75) is 4.90 Å². The molecule has 0 aliphatic heterocycles. The van der Waals surface area contributed by atoms with Crippen molar-refractivity contribution in [3.8, 4) is 0 Å². The summed E-state index contributed by atoms with van der Waals surface area (Å²) < 4.78 is 30.2. The molecule has 1 aromatic carbocycles. The van der Waals surface area contributed by atoms with Gasteiger partial charge in [0.15, 0.2) is 0 Å². The molecule has 0 fully saturated rings. The third-order valence-corrected chi connectivity index (χ3v) is 2.44. The maximum absolute atomic E-state index is 10.5. The van der Waals surface area contributed by atoms with Gasteiger partial charge in [0.05, 0.1) is 4.90 Å². The van der Waals surface area contributed by atoms with Crippen molar-refractivity contribution >= 4 is 26.0 Å². The predicted octanol–water partition coefficient (Wildman–Crippen LogP) is 1.69. The van der Waals surface area contributed by atoms with Crippen molar-refractivity contribution in [2.24, 2.45) is 0 Å². The van der Waals surface area contributed by atoms with Crippen LogP contribution in [0, 0.1) is 0 Å². The maximum Gasteiger partial charge on any atom is 0.294 e. The molecule has 0 amide bonds. The van der Waals surface area contributed by atoms with Gasteiger partial charge < -0.3 is 0 Å². The van der Waals surface area contributed by atoms with Crippen LogP contribution < -0.4 is 0 Å². The van der Waals surface area contributed by atoms with Crippen molar-refractivity contribution in [2.75, 3.05) is 0 Å². The van der Waals surface area contributed by atoms with Crippen LogP contribution in [0.15, 0.2) is 33.6 Å². The van der Waals surface area contributed by atoms with E-state index in [2.05, 4.69) is 15.9 Å². The minimum atomic E-state index is -4.06. The van der Waals surface area contributed by atoms with Crippen LogP contribution >= 0.6 is 15.9 Å². The fourth-order valence-corrected chi connectivity index (χ4v) is 1.70. The number of halogens is 1. The Morgan fingerprint density at radius 2 is 1.92 bits per heavy atom. The summed E-state index contributed by atoms with van der Waals surface area (Å²) >= 11 is 3.08. The molecule has 0 aliphatic rings. The van der Waals surface area contributed by atoms with Crippen molar-refractivity contribution < 1.29 is 40.6 Å². The maximum atomic E-state index is 10.5. The van der Waals surface area contributed by atoms with E-state index in [-0.39, 0.29) is 32.6 Å². The second kappa shape index (κ2) is 4.69. The zero-order valence-electron chi connectivity index (χ0n) is 6.07. The fraction of sp³-hybridized carbons (Fsp3) is 0. The molecule has 0 heterocycles. The van der Waals surface area contributed by atoms with Crippen LogP contribution in [0.25, 0.3) is 0 Å². The fourth-order valence-electron chi connectivity index (χ4n) is 0.627. The molecule has 0 unspecified atom stereocenters. The van der Waals surface area contributed by atoms with Gasteiger partial charge >= 0.3 is 0 Å². The first-order valence-corrected chi connectivity index (χ1v) is 4.96. The van der Waals surface area contributed by atoms with Gasteiger partial charge in [-0.3, -0.25) is 4.55 Å². The molecule has 0 atom stereocenters. The van der Waals surface area contributed by atoms with Gasteiger partial charge in [0, 0.05) is 32.1 Å². The summed E-state index contributed by atoms with van der Waals surface area (Å²) in [6.45, 7) is 0. The van der Waals surface area contributed by atoms with Gasteiger partial charge in [-0.2, -0.15) is 8.42 Å². The van der Waals surface area contributed by atoms with E-state index in [1.807, 2.05) is 0 Å². The van der Waals surface area contributed by atoms with Crippen molar-refractivity contribution in [1.29, 1.82) is 0 Å². The summed E-state index contributed by atoms with van der Waals surface area (Å²) in [6, 6.07) is 5.86. The van der Waals surface area contributed by atoms with E-state index in [4.69, 9.17) is 4.55 Å². The molecule has 0 aliphatic carbocycles. The summed E-state index contributed by atoms with van der Waals surface area (Å²) in [5.74, 6) is 0. The van der Waals surface area contributed by atoms with Crippen LogP contribution in [0.5, 0.6) is 0 Å². The SMILES string of the molecule is O=S(=O)(O)c1cccc(Br)c1.[Hg]. The molecule has 1 N–H and O–H groups in total. The second-order valence-electron chi connectivity index (χ2n) is 1.93. The van der Waals surface area contributed by atoms with Gasteiger partial charge in [-0.1, -0.05) is 22.0 Å². The van der Waals surface area contributed by atoms with Gasteiger partial charge in [0.2, 0.25) is 0 Å². The Bertz CT molecular complexity index is 363. The van der Waals surface area contributed by atoms with Crippen LogP contribution in [0.2, 0.25) is 0 Å². The summed E-state index contributed by atoms with van der Waals surface area (Å²) in [7, 11) is -4.06. The van der Waals surface area contributed by atoms with Gasteiger partial charge in [0.1, 0.15) is 0 Å². The van der Waals surface area contributed by atoms with Crippen molar-refractivity contribution in [1.82, 2.24) is 0 Å². The quantitative estimate of drug-likeness (QED) is 0.537. The van der Waals surface area contributed by atoms with Gasteiger partial charge in [-0.15, -0.1) is 0 Å². The molecule has 0 saturated heterocycles. The largest absolute Gasteiger partial charge is 0.294 e. The molecule has 0 saturated carbocycles. The zero-order valence-corrected chi connectivity index (χ0v) is 14.0. The Balaban J connectivity index is 0.00000121. The average molecular weight is 438 g/mol. The third-order valence-electron chi connectivity index (χ3n) is 1.09. The van der Waals surface area contributed by atoms with Gasteiger partial charge in [0.25, 0.3) is 10.1 Å². The summed E-state index contributed by atoms with van der Waals surface area (Å²) in [5, 5.41) is 0. The van der Waals surface area contributed by atoms with Crippen LogP contribution in [0.4, 0.5) is 0 Å². The molecule has 1 aromatic rings. The van der Waals surface area contributed by atoms with Crippen LogP contribution in [0.3, 0.4) is 0 Å². The van der Waals surface area contributed by atoms with Crippen LogP contribution in [-0.4, -0.2) is 13.0 Å². The van der Waals surface area contributed by atoms with Gasteiger partial charge in [-0.25, -0.2) is 0 Å². The Labute approximate surface area is 99.6 Å². The third kappa shape index (κ3) is 3.51. The van der Waals surface area contributed by atoms with E-state index in [9.17, 15) is 8.42 Å². The number of hydrogen-bond acceptors (Lipinski definition) is 2. The minimum Gasteiger partial charge on any atom is -0.282 e. The zero-order chi connectivity index (χ0) is 8.48. The first-order chi connectivity index (χ1) is 5.00. The minimum absolute atomic E-state index is 0. The Morgan fingerprint density at radius 1 is 1.33 bits per heavy atom. The predicted molar refractivity (Wildman–Crippen MR) is 44.0 cm³/mol. The van der Waals surface area contributed by atoms with E-state index >= 15 is 0 Å². The molecule has 12 heavy (non-hydrogen) atoms. The van der Waals surface area contributed by atoms with E-state index in [1.54, 1.807) is 6.07 Å².